The molecule has 1 heterocycles. The van der Waals surface area contributed by atoms with Crippen LogP contribution in [0.4, 0.5) is 18.9 Å². The van der Waals surface area contributed by atoms with Gasteiger partial charge in [-0.3, -0.25) is 4.79 Å². The van der Waals surface area contributed by atoms with Gasteiger partial charge >= 0.3 is 6.18 Å². The second-order valence-corrected chi connectivity index (χ2v) is 6.18. The van der Waals surface area contributed by atoms with Crippen LogP contribution in [0.15, 0.2) is 72.4 Å². The molecule has 0 saturated heterocycles. The fourth-order valence-electron chi connectivity index (χ4n) is 2.52. The minimum Gasteiger partial charge on any atom is -0.376 e. The highest BCUT2D eigenvalue weighted by atomic mass is 19.4. The number of benzene rings is 2. The maximum atomic E-state index is 12.7. The monoisotopic (exact) mass is 401 g/mol. The molecule has 0 aliphatic rings. The fraction of sp³-hybridized carbons (Fsp3) is 0.150. The lowest BCUT2D eigenvalue weighted by atomic mass is 10.1. The SMILES string of the molecule is C/C(=N/NC(=O)CNc1cccc(C(F)(F)F)c1)c1ccc(-n2ccnc2)cc1. The maximum Gasteiger partial charge on any atom is 0.416 e. The van der Waals surface area contributed by atoms with Crippen LogP contribution in [0, 0.1) is 0 Å². The number of anilines is 1. The van der Waals surface area contributed by atoms with Crippen molar-refractivity contribution in [2.24, 2.45) is 5.10 Å². The van der Waals surface area contributed by atoms with Crippen molar-refractivity contribution in [3.8, 4) is 5.69 Å². The molecule has 150 valence electrons. The average Bonchev–Trinajstić information content (AvgIpc) is 3.25. The first-order valence-electron chi connectivity index (χ1n) is 8.66. The Bertz CT molecular complexity index is 996. The highest BCUT2D eigenvalue weighted by Crippen LogP contribution is 2.30. The number of hydrogen-bond donors (Lipinski definition) is 2. The molecular formula is C20H18F3N5O. The third-order valence-corrected chi connectivity index (χ3v) is 4.08. The lowest BCUT2D eigenvalue weighted by molar-refractivity contribution is -0.137. The molecule has 0 aliphatic heterocycles. The number of imidazole rings is 1. The molecular weight excluding hydrogens is 383 g/mol. The van der Waals surface area contributed by atoms with Gasteiger partial charge in [-0.15, -0.1) is 0 Å². The molecule has 0 spiro atoms. The fourth-order valence-corrected chi connectivity index (χ4v) is 2.52. The van der Waals surface area contributed by atoms with Crippen molar-refractivity contribution in [1.29, 1.82) is 0 Å². The lowest BCUT2D eigenvalue weighted by Gasteiger charge is -2.10. The second kappa shape index (κ2) is 8.59. The van der Waals surface area contributed by atoms with Crippen LogP contribution < -0.4 is 10.7 Å². The molecule has 0 aliphatic carbocycles. The van der Waals surface area contributed by atoms with Crippen LogP contribution in [-0.2, 0) is 11.0 Å². The van der Waals surface area contributed by atoms with E-state index in [4.69, 9.17) is 0 Å². The molecule has 0 fully saturated rings. The van der Waals surface area contributed by atoms with Crippen molar-refractivity contribution >= 4 is 17.3 Å². The normalized spacial score (nSPS) is 11.9. The van der Waals surface area contributed by atoms with E-state index in [1.807, 2.05) is 35.0 Å². The summed E-state index contributed by atoms with van der Waals surface area (Å²) in [6.45, 7) is 1.53. The van der Waals surface area contributed by atoms with Crippen molar-refractivity contribution in [3.63, 3.8) is 0 Å². The van der Waals surface area contributed by atoms with E-state index in [9.17, 15) is 18.0 Å². The number of hydrogen-bond acceptors (Lipinski definition) is 4. The van der Waals surface area contributed by atoms with Gasteiger partial charge in [-0.25, -0.2) is 10.4 Å². The summed E-state index contributed by atoms with van der Waals surface area (Å²) in [7, 11) is 0. The quantitative estimate of drug-likeness (QED) is 0.487. The third kappa shape index (κ3) is 5.44. The Balaban J connectivity index is 1.55. The van der Waals surface area contributed by atoms with E-state index in [0.29, 0.717) is 5.71 Å². The zero-order valence-corrected chi connectivity index (χ0v) is 15.4. The Labute approximate surface area is 165 Å². The summed E-state index contributed by atoms with van der Waals surface area (Å²) in [5.74, 6) is -0.475. The van der Waals surface area contributed by atoms with Crippen LogP contribution in [0.1, 0.15) is 18.1 Å². The van der Waals surface area contributed by atoms with Gasteiger partial charge in [-0.05, 0) is 42.8 Å². The molecule has 0 radical (unpaired) electrons. The summed E-state index contributed by atoms with van der Waals surface area (Å²) in [5.41, 5.74) is 4.16. The van der Waals surface area contributed by atoms with E-state index >= 15 is 0 Å². The summed E-state index contributed by atoms with van der Waals surface area (Å²) in [4.78, 5) is 15.9. The second-order valence-electron chi connectivity index (χ2n) is 6.18. The summed E-state index contributed by atoms with van der Waals surface area (Å²) >= 11 is 0. The van der Waals surface area contributed by atoms with Crippen molar-refractivity contribution in [2.45, 2.75) is 13.1 Å². The molecule has 0 atom stereocenters. The van der Waals surface area contributed by atoms with Gasteiger partial charge in [-0.1, -0.05) is 18.2 Å². The van der Waals surface area contributed by atoms with Crippen molar-refractivity contribution in [2.75, 3.05) is 11.9 Å². The van der Waals surface area contributed by atoms with E-state index in [1.54, 1.807) is 19.4 Å². The Kier molecular flexibility index (Phi) is 5.96. The first kappa shape index (κ1) is 20.1. The van der Waals surface area contributed by atoms with Gasteiger partial charge in [0.05, 0.1) is 24.1 Å². The largest absolute Gasteiger partial charge is 0.416 e. The summed E-state index contributed by atoms with van der Waals surface area (Å²) < 4.78 is 40.0. The van der Waals surface area contributed by atoms with Crippen molar-refractivity contribution in [1.82, 2.24) is 15.0 Å². The first-order valence-corrected chi connectivity index (χ1v) is 8.66. The zero-order chi connectivity index (χ0) is 20.9. The van der Waals surface area contributed by atoms with E-state index in [1.165, 1.54) is 12.1 Å². The van der Waals surface area contributed by atoms with Crippen LogP contribution in [0.25, 0.3) is 5.69 Å². The van der Waals surface area contributed by atoms with E-state index in [0.717, 1.165) is 23.4 Å². The van der Waals surface area contributed by atoms with Gasteiger partial charge in [0.1, 0.15) is 0 Å². The number of nitrogens with one attached hydrogen (secondary N) is 2. The molecule has 6 nitrogen and oxygen atoms in total. The number of amides is 1. The number of nitrogens with zero attached hydrogens (tertiary/aromatic N) is 3. The van der Waals surface area contributed by atoms with Crippen LogP contribution in [0.3, 0.4) is 0 Å². The molecule has 0 unspecified atom stereocenters. The minimum absolute atomic E-state index is 0.200. The van der Waals surface area contributed by atoms with Gasteiger partial charge in [0.15, 0.2) is 0 Å². The van der Waals surface area contributed by atoms with Gasteiger partial charge in [0.25, 0.3) is 5.91 Å². The molecule has 0 bridgehead atoms. The summed E-state index contributed by atoms with van der Waals surface area (Å²) in [5, 5.41) is 6.69. The third-order valence-electron chi connectivity index (χ3n) is 4.08. The van der Waals surface area contributed by atoms with Crippen LogP contribution in [0.5, 0.6) is 0 Å². The summed E-state index contributed by atoms with van der Waals surface area (Å²) in [6, 6.07) is 12.2. The molecule has 9 heteroatoms. The predicted molar refractivity (Wildman–Crippen MR) is 104 cm³/mol. The number of alkyl halides is 3. The molecule has 29 heavy (non-hydrogen) atoms. The number of carbonyl (C=O) groups is 1. The van der Waals surface area contributed by atoms with Crippen LogP contribution >= 0.6 is 0 Å². The molecule has 1 aromatic heterocycles. The number of carbonyl (C=O) groups excluding carboxylic acids is 1. The predicted octanol–water partition coefficient (Wildman–Crippen LogP) is 3.84. The Hall–Kier alpha value is -3.62. The van der Waals surface area contributed by atoms with Gasteiger partial charge in [0.2, 0.25) is 0 Å². The number of halogens is 3. The van der Waals surface area contributed by atoms with E-state index in [-0.39, 0.29) is 12.2 Å². The molecule has 1 amide bonds. The van der Waals surface area contributed by atoms with E-state index in [2.05, 4.69) is 20.8 Å². The molecule has 2 N–H and O–H groups in total. The molecule has 0 saturated carbocycles. The van der Waals surface area contributed by atoms with Gasteiger partial charge in [0, 0.05) is 23.8 Å². The van der Waals surface area contributed by atoms with Crippen LogP contribution in [0.2, 0.25) is 0 Å². The zero-order valence-electron chi connectivity index (χ0n) is 15.4. The highest BCUT2D eigenvalue weighted by Gasteiger charge is 2.30. The van der Waals surface area contributed by atoms with Gasteiger partial charge in [-0.2, -0.15) is 18.3 Å². The number of aromatic nitrogens is 2. The van der Waals surface area contributed by atoms with Crippen molar-refractivity contribution in [3.05, 3.63) is 78.4 Å². The average molecular weight is 401 g/mol. The smallest absolute Gasteiger partial charge is 0.376 e. The Morgan fingerprint density at radius 1 is 1.17 bits per heavy atom. The minimum atomic E-state index is -4.44. The standard InChI is InChI=1S/C20H18F3N5O/c1-14(15-5-7-18(8-6-15)28-10-9-24-13-28)26-27-19(29)12-25-17-4-2-3-16(11-17)20(21,22)23/h2-11,13,25H,12H2,1H3,(H,27,29)/b26-14-. The number of rotatable bonds is 6. The van der Waals surface area contributed by atoms with E-state index < -0.39 is 17.6 Å². The maximum absolute atomic E-state index is 12.7. The van der Waals surface area contributed by atoms with Gasteiger partial charge < -0.3 is 9.88 Å². The van der Waals surface area contributed by atoms with Crippen LogP contribution in [-0.4, -0.2) is 27.7 Å². The first-order chi connectivity index (χ1) is 13.8. The number of hydrazone groups is 1. The Morgan fingerprint density at radius 3 is 2.59 bits per heavy atom. The Morgan fingerprint density at radius 2 is 1.93 bits per heavy atom. The molecule has 2 aromatic carbocycles. The van der Waals surface area contributed by atoms with Crippen molar-refractivity contribution < 1.29 is 18.0 Å². The molecule has 3 aromatic rings. The highest BCUT2D eigenvalue weighted by molar-refractivity contribution is 5.99. The lowest BCUT2D eigenvalue weighted by Crippen LogP contribution is -2.26. The summed E-state index contributed by atoms with van der Waals surface area (Å²) in [6.07, 6.45) is 0.763. The molecule has 3 rings (SSSR count). The topological polar surface area (TPSA) is 71.3 Å².